The molecule has 0 bridgehead atoms. The van der Waals surface area contributed by atoms with Gasteiger partial charge in [-0.15, -0.1) is 8.75 Å². The molecule has 2 saturated heterocycles. The molecule has 6 N–H and O–H groups in total. The monoisotopic (exact) mass is 748 g/mol. The molecule has 2 aliphatic heterocycles. The second-order valence-corrected chi connectivity index (χ2v) is 14.2. The van der Waals surface area contributed by atoms with Gasteiger partial charge in [0.1, 0.15) is 25.4 Å². The van der Waals surface area contributed by atoms with Crippen LogP contribution in [0.2, 0.25) is 0 Å². The molecule has 284 valence electrons. The fourth-order valence-electron chi connectivity index (χ4n) is 3.93. The number of aliphatic hydroxyl groups is 2. The van der Waals surface area contributed by atoms with Crippen molar-refractivity contribution in [1.82, 2.24) is 28.1 Å². The first-order chi connectivity index (χ1) is 23.5. The Kier molecular flexibility index (Phi) is 18.8. The van der Waals surface area contributed by atoms with E-state index >= 15 is 0 Å². The third-order valence-corrected chi connectivity index (χ3v) is 7.44. The third-order valence-electron chi connectivity index (χ3n) is 6.44. The van der Waals surface area contributed by atoms with Crippen molar-refractivity contribution in [3.05, 3.63) is 12.2 Å². The first-order valence-corrected chi connectivity index (χ1v) is 17.6. The summed E-state index contributed by atoms with van der Waals surface area (Å²) < 4.78 is 38.8. The van der Waals surface area contributed by atoms with Crippen molar-refractivity contribution in [2.75, 3.05) is 88.7 Å². The number of β-amino-alcohol motifs (C(OH)–C–C–N with tert-alkyl or cyclic N) is 2. The van der Waals surface area contributed by atoms with E-state index in [1.807, 2.05) is 0 Å². The number of ether oxygens (including phenoxy) is 4. The Bertz CT molecular complexity index is 1190. The number of hydrogen-bond donors (Lipinski definition) is 6. The molecule has 20 heteroatoms. The summed E-state index contributed by atoms with van der Waals surface area (Å²) in [5.41, 5.74) is -0.0513. The molecule has 2 aromatic rings. The maximum Gasteiger partial charge on any atom is 0.328 e. The van der Waals surface area contributed by atoms with E-state index in [1.54, 1.807) is 0 Å². The molecule has 0 saturated carbocycles. The third kappa shape index (κ3) is 18.7. The minimum absolute atomic E-state index is 0.0257. The predicted molar refractivity (Wildman–Crippen MR) is 189 cm³/mol. The Morgan fingerprint density at radius 3 is 1.36 bits per heavy atom. The molecule has 50 heavy (non-hydrogen) atoms. The van der Waals surface area contributed by atoms with Crippen LogP contribution >= 0.6 is 23.5 Å². The van der Waals surface area contributed by atoms with Crippen molar-refractivity contribution >= 4 is 47.0 Å². The van der Waals surface area contributed by atoms with Gasteiger partial charge in [-0.25, -0.2) is 9.59 Å². The Morgan fingerprint density at radius 2 is 1.06 bits per heavy atom. The van der Waals surface area contributed by atoms with Gasteiger partial charge in [-0.05, 0) is 41.5 Å². The summed E-state index contributed by atoms with van der Waals surface area (Å²) in [7, 11) is 0. The highest BCUT2D eigenvalue weighted by Gasteiger charge is 2.22. The Hall–Kier alpha value is -3.24. The number of nitrogens with zero attached hydrogens (tertiary/aromatic N) is 6. The molecule has 18 nitrogen and oxygen atoms in total. The van der Waals surface area contributed by atoms with Crippen molar-refractivity contribution in [3.63, 3.8) is 0 Å². The van der Waals surface area contributed by atoms with E-state index in [0.717, 1.165) is 61.3 Å². The van der Waals surface area contributed by atoms with Crippen LogP contribution in [0.4, 0.5) is 11.6 Å². The highest BCUT2D eigenvalue weighted by atomic mass is 32.1. The van der Waals surface area contributed by atoms with Crippen molar-refractivity contribution in [1.29, 1.82) is 0 Å². The first kappa shape index (κ1) is 42.9. The molecule has 2 fully saturated rings. The standard InChI is InChI=1S/2C13H24N4O3S.C4H4O4/c2*1-13(2,3)14-8-10(18)9-20-12-11(15-21-16-12)17-4-6-19-7-5-17;5-3(6)1-2-4(7)8/h2*10,14,18H,4-9H2,1-3H3;1-2H,(H,5,6)(H,7,8)/b;;2-1-/t2*10-;/m00./s1. The summed E-state index contributed by atoms with van der Waals surface area (Å²) in [4.78, 5) is 23.3. The molecule has 4 heterocycles. The van der Waals surface area contributed by atoms with Crippen LogP contribution in [0.25, 0.3) is 0 Å². The lowest BCUT2D eigenvalue weighted by Crippen LogP contribution is -2.42. The van der Waals surface area contributed by atoms with Crippen LogP contribution in [0.1, 0.15) is 41.5 Å². The number of carboxylic acids is 2. The van der Waals surface area contributed by atoms with E-state index in [1.165, 1.54) is 0 Å². The Balaban J connectivity index is 0.000000286. The van der Waals surface area contributed by atoms with Crippen molar-refractivity contribution < 1.29 is 49.0 Å². The lowest BCUT2D eigenvalue weighted by atomic mass is 10.1. The molecular formula is C30H52N8O10S2. The minimum atomic E-state index is -1.26. The average Bonchev–Trinajstić information content (AvgIpc) is 3.74. The van der Waals surface area contributed by atoms with Gasteiger partial charge in [0.2, 0.25) is 11.6 Å². The molecule has 4 rings (SSSR count). The Morgan fingerprint density at radius 1 is 0.720 bits per heavy atom. The first-order valence-electron chi connectivity index (χ1n) is 16.1. The Labute approximate surface area is 301 Å². The van der Waals surface area contributed by atoms with E-state index < -0.39 is 24.1 Å². The van der Waals surface area contributed by atoms with Gasteiger partial charge in [-0.2, -0.15) is 8.75 Å². The van der Waals surface area contributed by atoms with Crippen LogP contribution < -0.4 is 29.9 Å². The van der Waals surface area contributed by atoms with Crippen LogP contribution in [0, 0.1) is 0 Å². The number of aromatic nitrogens is 4. The van der Waals surface area contributed by atoms with Crippen LogP contribution in [-0.4, -0.2) is 152 Å². The zero-order chi connectivity index (χ0) is 37.2. The summed E-state index contributed by atoms with van der Waals surface area (Å²) >= 11 is 2.25. The van der Waals surface area contributed by atoms with E-state index in [2.05, 4.69) is 79.5 Å². The summed E-state index contributed by atoms with van der Waals surface area (Å²) in [5, 5.41) is 42.0. The number of aliphatic hydroxyl groups excluding tert-OH is 2. The van der Waals surface area contributed by atoms with Crippen molar-refractivity contribution in [2.45, 2.75) is 64.8 Å². The molecule has 2 atom stereocenters. The number of hydrogen-bond acceptors (Lipinski definition) is 18. The quantitative estimate of drug-likeness (QED) is 0.146. The average molecular weight is 749 g/mol. The number of rotatable bonds is 14. The fourth-order valence-corrected chi connectivity index (χ4v) is 4.97. The number of carboxylic acid groups (broad SMARTS) is 2. The van der Waals surface area contributed by atoms with Gasteiger partial charge < -0.3 is 59.8 Å². The molecule has 0 unspecified atom stereocenters. The summed E-state index contributed by atoms with van der Waals surface area (Å²) in [6.07, 6.45) is -0.0445. The largest absolute Gasteiger partial charge is 0.478 e. The fraction of sp³-hybridized carbons (Fsp3) is 0.733. The molecular weight excluding hydrogens is 697 g/mol. The normalized spacial score (nSPS) is 16.5. The number of morpholine rings is 2. The zero-order valence-corrected chi connectivity index (χ0v) is 31.2. The van der Waals surface area contributed by atoms with Crippen molar-refractivity contribution in [2.24, 2.45) is 0 Å². The summed E-state index contributed by atoms with van der Waals surface area (Å²) in [6, 6.07) is 0. The molecule has 0 spiro atoms. The SMILES string of the molecule is CC(C)(C)NC[C@H](O)COc1nsnc1N1CCOCC1.CC(C)(C)NC[C@H](O)COc1nsnc1N1CCOCC1.O=C(O)/C=C\C(=O)O. The van der Waals surface area contributed by atoms with Gasteiger partial charge in [-0.1, -0.05) is 0 Å². The van der Waals surface area contributed by atoms with E-state index in [4.69, 9.17) is 29.2 Å². The van der Waals surface area contributed by atoms with Gasteiger partial charge in [0, 0.05) is 62.5 Å². The van der Waals surface area contributed by atoms with Gasteiger partial charge in [0.25, 0.3) is 11.8 Å². The highest BCUT2D eigenvalue weighted by Crippen LogP contribution is 2.27. The van der Waals surface area contributed by atoms with E-state index in [9.17, 15) is 19.8 Å². The predicted octanol–water partition coefficient (Wildman–Crippen LogP) is 0.717. The van der Waals surface area contributed by atoms with Gasteiger partial charge in [-0.3, -0.25) is 0 Å². The van der Waals surface area contributed by atoms with E-state index in [-0.39, 0.29) is 24.3 Å². The summed E-state index contributed by atoms with van der Waals surface area (Å²) in [6.45, 7) is 19.6. The van der Waals surface area contributed by atoms with Crippen LogP contribution in [-0.2, 0) is 19.1 Å². The molecule has 0 amide bonds. The molecule has 0 aliphatic carbocycles. The summed E-state index contributed by atoms with van der Waals surface area (Å²) in [5.74, 6) is -0.0215. The van der Waals surface area contributed by atoms with Crippen molar-refractivity contribution in [3.8, 4) is 11.8 Å². The molecule has 0 radical (unpaired) electrons. The second kappa shape index (κ2) is 21.9. The van der Waals surface area contributed by atoms with E-state index in [0.29, 0.717) is 63.4 Å². The maximum atomic E-state index is 9.95. The molecule has 0 aromatic carbocycles. The number of aliphatic carboxylic acids is 2. The van der Waals surface area contributed by atoms with Gasteiger partial charge >= 0.3 is 11.9 Å². The molecule has 2 aliphatic rings. The number of anilines is 2. The maximum absolute atomic E-state index is 9.95. The van der Waals surface area contributed by atoms with Gasteiger partial charge in [0.15, 0.2) is 0 Å². The second-order valence-electron chi connectivity index (χ2n) is 13.2. The van der Waals surface area contributed by atoms with Crippen LogP contribution in [0.15, 0.2) is 12.2 Å². The minimum Gasteiger partial charge on any atom is -0.478 e. The van der Waals surface area contributed by atoms with Crippen LogP contribution in [0.5, 0.6) is 11.8 Å². The number of nitrogens with one attached hydrogen (secondary N) is 2. The highest BCUT2D eigenvalue weighted by molar-refractivity contribution is 6.99. The van der Waals surface area contributed by atoms with Gasteiger partial charge in [0.05, 0.1) is 49.9 Å². The lowest BCUT2D eigenvalue weighted by Gasteiger charge is -2.27. The number of carbonyl (C=O) groups is 2. The lowest BCUT2D eigenvalue weighted by molar-refractivity contribution is -0.134. The topological polar surface area (TPSA) is 234 Å². The molecule has 2 aromatic heterocycles. The van der Waals surface area contributed by atoms with Crippen LogP contribution in [0.3, 0.4) is 0 Å². The smallest absolute Gasteiger partial charge is 0.328 e. The zero-order valence-electron chi connectivity index (χ0n) is 29.5.